The monoisotopic (exact) mass is 390 g/mol. The van der Waals surface area contributed by atoms with Gasteiger partial charge in [0.2, 0.25) is 5.89 Å². The number of carbonyl (C=O) groups is 1. The number of nitrogens with zero attached hydrogens (tertiary/aromatic N) is 4. The van der Waals surface area contributed by atoms with Crippen molar-refractivity contribution in [2.24, 2.45) is 0 Å². The molecule has 2 aromatic heterocycles. The number of hydrogen-bond acceptors (Lipinski definition) is 7. The van der Waals surface area contributed by atoms with Crippen LogP contribution in [0.5, 0.6) is 0 Å². The van der Waals surface area contributed by atoms with E-state index < -0.39 is 17.3 Å². The summed E-state index contributed by atoms with van der Waals surface area (Å²) in [6, 6.07) is 6.98. The van der Waals surface area contributed by atoms with Crippen molar-refractivity contribution in [2.45, 2.75) is 20.0 Å². The first kappa shape index (κ1) is 18.6. The van der Waals surface area contributed by atoms with Gasteiger partial charge in [-0.25, -0.2) is 23.9 Å². The summed E-state index contributed by atoms with van der Waals surface area (Å²) >= 11 is 5.87. The number of oxazole rings is 1. The van der Waals surface area contributed by atoms with Crippen LogP contribution in [0.1, 0.15) is 27.8 Å². The van der Waals surface area contributed by atoms with Gasteiger partial charge in [-0.3, -0.25) is 4.57 Å². The Hall–Kier alpha value is -3.20. The van der Waals surface area contributed by atoms with Crippen molar-refractivity contribution in [2.75, 3.05) is 7.11 Å². The van der Waals surface area contributed by atoms with E-state index in [1.807, 2.05) is 0 Å². The van der Waals surface area contributed by atoms with Crippen LogP contribution in [0, 0.1) is 6.92 Å². The molecule has 0 aliphatic heterocycles. The molecule has 0 amide bonds. The van der Waals surface area contributed by atoms with Gasteiger partial charge in [0.05, 0.1) is 13.7 Å². The predicted octanol–water partition coefficient (Wildman–Crippen LogP) is 1.24. The minimum absolute atomic E-state index is 0.0123. The molecule has 3 rings (SSSR count). The highest BCUT2D eigenvalue weighted by Gasteiger charge is 2.16. The molecular formula is C17H15ClN4O5. The second-order valence-electron chi connectivity index (χ2n) is 5.64. The Labute approximate surface area is 157 Å². The number of benzene rings is 1. The lowest BCUT2D eigenvalue weighted by Crippen LogP contribution is -2.43. The molecule has 0 saturated heterocycles. The third-order valence-corrected chi connectivity index (χ3v) is 4.09. The fourth-order valence-corrected chi connectivity index (χ4v) is 2.56. The minimum atomic E-state index is -0.734. The van der Waals surface area contributed by atoms with E-state index in [-0.39, 0.29) is 30.5 Å². The van der Waals surface area contributed by atoms with Crippen molar-refractivity contribution in [3.8, 4) is 0 Å². The maximum atomic E-state index is 12.8. The first-order valence-corrected chi connectivity index (χ1v) is 8.22. The van der Waals surface area contributed by atoms with Crippen LogP contribution in [0.25, 0.3) is 0 Å². The number of hydrogen-bond donors (Lipinski definition) is 0. The molecule has 0 radical (unpaired) electrons. The van der Waals surface area contributed by atoms with Crippen LogP contribution in [0.3, 0.4) is 0 Å². The van der Waals surface area contributed by atoms with Gasteiger partial charge in [0.1, 0.15) is 18.6 Å². The summed E-state index contributed by atoms with van der Waals surface area (Å²) in [7, 11) is 1.21. The number of aryl methyl sites for hydroxylation is 1. The van der Waals surface area contributed by atoms with Crippen molar-refractivity contribution < 1.29 is 13.9 Å². The fraction of sp³-hybridized carbons (Fsp3) is 0.235. The number of esters is 1. The smallest absolute Gasteiger partial charge is 0.360 e. The summed E-state index contributed by atoms with van der Waals surface area (Å²) in [4.78, 5) is 44.2. The lowest BCUT2D eigenvalue weighted by Gasteiger charge is -2.11. The highest BCUT2D eigenvalue weighted by Crippen LogP contribution is 2.10. The molecule has 0 aliphatic rings. The highest BCUT2D eigenvalue weighted by molar-refractivity contribution is 6.30. The van der Waals surface area contributed by atoms with Crippen LogP contribution in [-0.4, -0.2) is 32.2 Å². The lowest BCUT2D eigenvalue weighted by molar-refractivity contribution is 0.0594. The second-order valence-corrected chi connectivity index (χ2v) is 6.08. The average molecular weight is 391 g/mol. The standard InChI is InChI=1S/C17H15ClN4O5/c1-10-19-16(24)22(8-14-20-13(9-27-14)15(23)26-2)17(25)21(10)7-11-3-5-12(18)6-4-11/h3-6,9H,7-8H2,1-2H3. The SMILES string of the molecule is COC(=O)c1coc(Cn2c(=O)nc(C)n(Cc3ccc(Cl)cc3)c2=O)n1. The van der Waals surface area contributed by atoms with Gasteiger partial charge in [-0.2, -0.15) is 4.98 Å². The van der Waals surface area contributed by atoms with Crippen molar-refractivity contribution in [3.63, 3.8) is 0 Å². The zero-order valence-corrected chi connectivity index (χ0v) is 15.3. The zero-order valence-electron chi connectivity index (χ0n) is 14.5. The van der Waals surface area contributed by atoms with E-state index in [1.165, 1.54) is 11.7 Å². The zero-order chi connectivity index (χ0) is 19.6. The van der Waals surface area contributed by atoms with Crippen molar-refractivity contribution >= 4 is 17.6 Å². The van der Waals surface area contributed by atoms with E-state index in [0.717, 1.165) is 16.4 Å². The van der Waals surface area contributed by atoms with Gasteiger partial charge in [0.15, 0.2) is 5.69 Å². The Morgan fingerprint density at radius 3 is 2.52 bits per heavy atom. The average Bonchev–Trinajstić information content (AvgIpc) is 3.12. The number of rotatable bonds is 5. The van der Waals surface area contributed by atoms with Gasteiger partial charge in [0.25, 0.3) is 0 Å². The quantitative estimate of drug-likeness (QED) is 0.603. The van der Waals surface area contributed by atoms with Crippen molar-refractivity contribution in [1.29, 1.82) is 0 Å². The Balaban J connectivity index is 1.95. The van der Waals surface area contributed by atoms with Gasteiger partial charge < -0.3 is 9.15 Å². The molecule has 1 aromatic carbocycles. The molecule has 0 N–H and O–H groups in total. The third kappa shape index (κ3) is 3.98. The maximum absolute atomic E-state index is 12.8. The molecule has 0 unspecified atom stereocenters. The highest BCUT2D eigenvalue weighted by atomic mass is 35.5. The van der Waals surface area contributed by atoms with Gasteiger partial charge in [-0.1, -0.05) is 23.7 Å². The molecule has 0 atom stereocenters. The summed E-state index contributed by atoms with van der Waals surface area (Å²) in [5.74, 6) is -0.392. The van der Waals surface area contributed by atoms with Crippen molar-refractivity contribution in [1.82, 2.24) is 19.1 Å². The maximum Gasteiger partial charge on any atom is 0.360 e. The van der Waals surface area contributed by atoms with Gasteiger partial charge in [-0.05, 0) is 24.6 Å². The number of aromatic nitrogens is 4. The molecule has 0 saturated carbocycles. The van der Waals surface area contributed by atoms with E-state index >= 15 is 0 Å². The summed E-state index contributed by atoms with van der Waals surface area (Å²) in [6.45, 7) is 1.53. The van der Waals surface area contributed by atoms with Gasteiger partial charge >= 0.3 is 17.3 Å². The Morgan fingerprint density at radius 1 is 1.15 bits per heavy atom. The van der Waals surface area contributed by atoms with Crippen LogP contribution >= 0.6 is 11.6 Å². The van der Waals surface area contributed by atoms with E-state index in [4.69, 9.17) is 16.0 Å². The number of methoxy groups -OCH3 is 1. The molecule has 140 valence electrons. The first-order chi connectivity index (χ1) is 12.9. The molecular weight excluding hydrogens is 376 g/mol. The van der Waals surface area contributed by atoms with Crippen LogP contribution in [0.2, 0.25) is 5.02 Å². The van der Waals surface area contributed by atoms with E-state index in [1.54, 1.807) is 31.2 Å². The summed E-state index contributed by atoms with van der Waals surface area (Å²) < 4.78 is 11.9. The number of ether oxygens (including phenoxy) is 1. The summed E-state index contributed by atoms with van der Waals surface area (Å²) in [5.41, 5.74) is -0.536. The fourth-order valence-electron chi connectivity index (χ4n) is 2.43. The molecule has 10 heteroatoms. The number of halogens is 1. The third-order valence-electron chi connectivity index (χ3n) is 3.83. The molecule has 0 bridgehead atoms. The van der Waals surface area contributed by atoms with E-state index in [9.17, 15) is 14.4 Å². The van der Waals surface area contributed by atoms with Crippen LogP contribution < -0.4 is 11.4 Å². The molecule has 3 aromatic rings. The van der Waals surface area contributed by atoms with Crippen LogP contribution in [0.15, 0.2) is 44.5 Å². The molecule has 27 heavy (non-hydrogen) atoms. The Kier molecular flexibility index (Phi) is 5.22. The summed E-state index contributed by atoms with van der Waals surface area (Å²) in [5, 5.41) is 0.580. The lowest BCUT2D eigenvalue weighted by atomic mass is 10.2. The first-order valence-electron chi connectivity index (χ1n) is 7.84. The predicted molar refractivity (Wildman–Crippen MR) is 95.0 cm³/mol. The van der Waals surface area contributed by atoms with Gasteiger partial charge in [-0.15, -0.1) is 0 Å². The van der Waals surface area contributed by atoms with Crippen molar-refractivity contribution in [3.05, 3.63) is 79.5 Å². The summed E-state index contributed by atoms with van der Waals surface area (Å²) in [6.07, 6.45) is 1.10. The Bertz CT molecular complexity index is 1100. The molecule has 0 fully saturated rings. The number of carbonyl (C=O) groups excluding carboxylic acids is 1. The van der Waals surface area contributed by atoms with E-state index in [2.05, 4.69) is 14.7 Å². The van der Waals surface area contributed by atoms with Gasteiger partial charge in [0, 0.05) is 5.02 Å². The minimum Gasteiger partial charge on any atom is -0.464 e. The molecule has 0 spiro atoms. The second kappa shape index (κ2) is 7.58. The largest absolute Gasteiger partial charge is 0.464 e. The topological polar surface area (TPSA) is 109 Å². The normalized spacial score (nSPS) is 10.8. The van der Waals surface area contributed by atoms with E-state index in [0.29, 0.717) is 5.02 Å². The van der Waals surface area contributed by atoms with Crippen LogP contribution in [-0.2, 0) is 17.8 Å². The molecule has 9 nitrogen and oxygen atoms in total. The Morgan fingerprint density at radius 2 is 1.85 bits per heavy atom. The van der Waals surface area contributed by atoms with Crippen LogP contribution in [0.4, 0.5) is 0 Å². The molecule has 2 heterocycles. The molecule has 0 aliphatic carbocycles.